The van der Waals surface area contributed by atoms with Crippen LogP contribution in [0.5, 0.6) is 0 Å². The zero-order valence-electron chi connectivity index (χ0n) is 18.4. The van der Waals surface area contributed by atoms with Gasteiger partial charge in [-0.1, -0.05) is 55.0 Å². The van der Waals surface area contributed by atoms with E-state index in [1.807, 2.05) is 24.3 Å². The van der Waals surface area contributed by atoms with Crippen LogP contribution in [0.15, 0.2) is 48.6 Å². The van der Waals surface area contributed by atoms with Gasteiger partial charge in [0, 0.05) is 6.42 Å². The van der Waals surface area contributed by atoms with Crippen molar-refractivity contribution in [1.29, 1.82) is 0 Å². The predicted molar refractivity (Wildman–Crippen MR) is 122 cm³/mol. The van der Waals surface area contributed by atoms with Crippen LogP contribution in [0.1, 0.15) is 77.0 Å². The maximum Gasteiger partial charge on any atom is 0.699 e. The quantitative estimate of drug-likeness (QED) is 0.0586. The highest BCUT2D eigenvalue weighted by molar-refractivity contribution is 5.48. The standard InChI is InChI=1S/C22H33N3O7/c26-21-19-17-15-13-11-9-7-5-3-1-2-4-6-8-10-12-14-16-18-20-22(23(27)28,24(29)30)25(31)32/h1,3-4,6-7,9-10,12,21H,2,5,8,11,13-20H2. The van der Waals surface area contributed by atoms with Crippen molar-refractivity contribution in [3.63, 3.8) is 0 Å². The second-order valence-corrected chi connectivity index (χ2v) is 7.19. The molecule has 0 atom stereocenters. The Bertz CT molecular complexity index is 664. The fraction of sp³-hybridized carbons (Fsp3) is 0.591. The summed E-state index contributed by atoms with van der Waals surface area (Å²) in [6, 6.07) is 0. The SMILES string of the molecule is O=CCCCCCC=CCC=CCC=CCC=CCCCCC([N+](=O)[O-])([N+](=O)[O-])[N+](=O)[O-]. The summed E-state index contributed by atoms with van der Waals surface area (Å²) in [6.45, 7) is 0. The summed E-state index contributed by atoms with van der Waals surface area (Å²) >= 11 is 0. The lowest BCUT2D eigenvalue weighted by atomic mass is 10.1. The molecule has 178 valence electrons. The van der Waals surface area contributed by atoms with Crippen LogP contribution >= 0.6 is 0 Å². The fourth-order valence-corrected chi connectivity index (χ4v) is 2.81. The number of nitrogens with zero attached hydrogens (tertiary/aromatic N) is 3. The highest BCUT2D eigenvalue weighted by atomic mass is 16.7. The van der Waals surface area contributed by atoms with E-state index in [2.05, 4.69) is 24.3 Å². The number of hydrogen-bond donors (Lipinski definition) is 0. The Morgan fingerprint density at radius 2 is 0.906 bits per heavy atom. The first-order valence-electron chi connectivity index (χ1n) is 10.9. The van der Waals surface area contributed by atoms with E-state index in [1.165, 1.54) is 0 Å². The highest BCUT2D eigenvalue weighted by Crippen LogP contribution is 2.21. The molecule has 0 aliphatic heterocycles. The molecule has 0 bridgehead atoms. The van der Waals surface area contributed by atoms with Crippen LogP contribution in [0.25, 0.3) is 0 Å². The smallest absolute Gasteiger partial charge is 0.303 e. The largest absolute Gasteiger partial charge is 0.699 e. The summed E-state index contributed by atoms with van der Waals surface area (Å²) in [5.41, 5.74) is 0. The maximum atomic E-state index is 10.8. The normalized spacial score (nSPS) is 12.4. The van der Waals surface area contributed by atoms with Gasteiger partial charge in [0.15, 0.2) is 21.2 Å². The van der Waals surface area contributed by atoms with Crippen LogP contribution in [0.4, 0.5) is 0 Å². The molecule has 0 N–H and O–H groups in total. The highest BCUT2D eigenvalue weighted by Gasteiger charge is 2.69. The van der Waals surface area contributed by atoms with Crippen LogP contribution in [0, 0.1) is 30.3 Å². The molecule has 0 unspecified atom stereocenters. The van der Waals surface area contributed by atoms with Gasteiger partial charge in [0.25, 0.3) is 0 Å². The number of carbonyl (C=O) groups is 1. The van der Waals surface area contributed by atoms with Crippen LogP contribution in [-0.2, 0) is 4.79 Å². The molecule has 0 radical (unpaired) electrons. The predicted octanol–water partition coefficient (Wildman–Crippen LogP) is 5.58. The number of allylic oxidation sites excluding steroid dienone is 8. The minimum absolute atomic E-state index is 0.0164. The second-order valence-electron chi connectivity index (χ2n) is 7.19. The zero-order valence-corrected chi connectivity index (χ0v) is 18.4. The summed E-state index contributed by atoms with van der Waals surface area (Å²) in [5.74, 6) is -3.35. The molecule has 0 fully saturated rings. The van der Waals surface area contributed by atoms with Crippen molar-refractivity contribution >= 4 is 6.29 Å². The van der Waals surface area contributed by atoms with Gasteiger partial charge in [0.2, 0.25) is 0 Å². The summed E-state index contributed by atoms with van der Waals surface area (Å²) in [5, 5.41) is 32.5. The summed E-state index contributed by atoms with van der Waals surface area (Å²) in [4.78, 5) is 38.3. The summed E-state index contributed by atoms with van der Waals surface area (Å²) in [6.07, 6.45) is 24.8. The maximum absolute atomic E-state index is 10.8. The minimum atomic E-state index is -3.35. The van der Waals surface area contributed by atoms with Gasteiger partial charge in [-0.15, -0.1) is 0 Å². The lowest BCUT2D eigenvalue weighted by Crippen LogP contribution is -2.53. The molecule has 0 saturated carbocycles. The fourth-order valence-electron chi connectivity index (χ4n) is 2.81. The Hall–Kier alpha value is -3.17. The Morgan fingerprint density at radius 1 is 0.531 bits per heavy atom. The van der Waals surface area contributed by atoms with Gasteiger partial charge in [0.1, 0.15) is 6.29 Å². The van der Waals surface area contributed by atoms with E-state index in [1.54, 1.807) is 0 Å². The Balaban J connectivity index is 3.86. The molecule has 0 aliphatic rings. The number of carbonyl (C=O) groups excluding carboxylic acids is 1. The molecule has 0 amide bonds. The van der Waals surface area contributed by atoms with E-state index in [-0.39, 0.29) is 6.42 Å². The van der Waals surface area contributed by atoms with Crippen molar-refractivity contribution in [2.45, 2.75) is 82.8 Å². The van der Waals surface area contributed by atoms with Gasteiger partial charge in [0.05, 0.1) is 0 Å². The van der Waals surface area contributed by atoms with E-state index in [9.17, 15) is 35.1 Å². The Kier molecular flexibility index (Phi) is 16.7. The number of nitro groups is 3. The number of unbranched alkanes of at least 4 members (excludes halogenated alkanes) is 6. The summed E-state index contributed by atoms with van der Waals surface area (Å²) < 4.78 is 0. The van der Waals surface area contributed by atoms with Crippen LogP contribution in [-0.4, -0.2) is 26.8 Å². The second kappa shape index (κ2) is 18.6. The van der Waals surface area contributed by atoms with Gasteiger partial charge >= 0.3 is 5.79 Å². The number of hydrogen-bond acceptors (Lipinski definition) is 7. The first-order valence-corrected chi connectivity index (χ1v) is 10.9. The molecule has 32 heavy (non-hydrogen) atoms. The van der Waals surface area contributed by atoms with Crippen LogP contribution in [0.2, 0.25) is 0 Å². The van der Waals surface area contributed by atoms with E-state index < -0.39 is 27.0 Å². The van der Waals surface area contributed by atoms with Crippen molar-refractivity contribution < 1.29 is 19.6 Å². The molecular weight excluding hydrogens is 418 g/mol. The molecule has 10 nitrogen and oxygen atoms in total. The first-order chi connectivity index (χ1) is 15.4. The Morgan fingerprint density at radius 3 is 1.31 bits per heavy atom. The third kappa shape index (κ3) is 12.5. The Labute approximate surface area is 188 Å². The molecule has 0 aliphatic carbocycles. The average molecular weight is 452 g/mol. The van der Waals surface area contributed by atoms with Crippen molar-refractivity contribution in [3.8, 4) is 0 Å². The molecule has 0 saturated heterocycles. The third-order valence-electron chi connectivity index (χ3n) is 4.69. The molecule has 0 spiro atoms. The van der Waals surface area contributed by atoms with E-state index >= 15 is 0 Å². The van der Waals surface area contributed by atoms with Crippen molar-refractivity contribution in [2.24, 2.45) is 0 Å². The van der Waals surface area contributed by atoms with Gasteiger partial charge in [-0.2, -0.15) is 0 Å². The lowest BCUT2D eigenvalue weighted by molar-refractivity contribution is -0.970. The molecule has 0 heterocycles. The summed E-state index contributed by atoms with van der Waals surface area (Å²) in [7, 11) is 0. The van der Waals surface area contributed by atoms with Crippen molar-refractivity contribution in [3.05, 3.63) is 79.0 Å². The van der Waals surface area contributed by atoms with Gasteiger partial charge < -0.3 is 4.79 Å². The number of rotatable bonds is 20. The van der Waals surface area contributed by atoms with Gasteiger partial charge in [-0.3, -0.25) is 30.3 Å². The van der Waals surface area contributed by atoms with Gasteiger partial charge in [-0.25, -0.2) is 0 Å². The van der Waals surface area contributed by atoms with Crippen molar-refractivity contribution in [2.75, 3.05) is 0 Å². The van der Waals surface area contributed by atoms with E-state index in [0.29, 0.717) is 19.3 Å². The molecule has 0 aromatic carbocycles. The average Bonchev–Trinajstić information content (AvgIpc) is 2.74. The molecule has 0 rings (SSSR count). The van der Waals surface area contributed by atoms with Gasteiger partial charge in [-0.05, 0) is 57.8 Å². The molecule has 10 heteroatoms. The molecular formula is C22H33N3O7. The molecule has 0 aromatic rings. The van der Waals surface area contributed by atoms with Crippen LogP contribution < -0.4 is 0 Å². The van der Waals surface area contributed by atoms with Crippen LogP contribution in [0.3, 0.4) is 0 Å². The third-order valence-corrected chi connectivity index (χ3v) is 4.69. The van der Waals surface area contributed by atoms with Crippen molar-refractivity contribution in [1.82, 2.24) is 0 Å². The monoisotopic (exact) mass is 451 g/mol. The van der Waals surface area contributed by atoms with E-state index in [4.69, 9.17) is 0 Å². The zero-order chi connectivity index (χ0) is 24.1. The topological polar surface area (TPSA) is 146 Å². The number of aldehydes is 1. The molecule has 0 aromatic heterocycles. The first kappa shape index (κ1) is 28.8. The van der Waals surface area contributed by atoms with E-state index in [0.717, 1.165) is 51.2 Å². The minimum Gasteiger partial charge on any atom is -0.303 e. The lowest BCUT2D eigenvalue weighted by Gasteiger charge is -2.08.